The van der Waals surface area contributed by atoms with Crippen molar-refractivity contribution in [3.8, 4) is 11.4 Å². The minimum atomic E-state index is -3.83. The Morgan fingerprint density at radius 1 is 1.09 bits per heavy atom. The first kappa shape index (κ1) is 23.2. The lowest BCUT2D eigenvalue weighted by molar-refractivity contribution is -0.134. The Labute approximate surface area is 204 Å². The van der Waals surface area contributed by atoms with Crippen molar-refractivity contribution in [2.24, 2.45) is 0 Å². The van der Waals surface area contributed by atoms with Gasteiger partial charge in [-0.2, -0.15) is 9.29 Å². The molecule has 0 saturated carbocycles. The van der Waals surface area contributed by atoms with Crippen LogP contribution in [0.1, 0.15) is 24.3 Å². The van der Waals surface area contributed by atoms with Crippen LogP contribution < -0.4 is 0 Å². The first-order valence-corrected chi connectivity index (χ1v) is 12.9. The number of aryl methyl sites for hydroxylation is 1. The average molecular weight is 491 g/mol. The number of sulfonamides is 1. The highest BCUT2D eigenvalue weighted by Crippen LogP contribution is 2.29. The Kier molecular flexibility index (Phi) is 6.12. The van der Waals surface area contributed by atoms with E-state index in [9.17, 15) is 13.2 Å². The molecule has 1 atom stereocenters. The molecule has 4 aromatic rings. The molecule has 9 heteroatoms. The van der Waals surface area contributed by atoms with Crippen molar-refractivity contribution >= 4 is 26.7 Å². The fourth-order valence-corrected chi connectivity index (χ4v) is 6.10. The van der Waals surface area contributed by atoms with Gasteiger partial charge in [-0.1, -0.05) is 65.3 Å². The van der Waals surface area contributed by atoms with Crippen molar-refractivity contribution in [1.29, 1.82) is 0 Å². The van der Waals surface area contributed by atoms with Crippen molar-refractivity contribution in [2.75, 3.05) is 13.6 Å². The van der Waals surface area contributed by atoms with Crippen molar-refractivity contribution in [3.63, 3.8) is 0 Å². The van der Waals surface area contributed by atoms with E-state index >= 15 is 0 Å². The molecule has 3 aromatic carbocycles. The third kappa shape index (κ3) is 4.56. The van der Waals surface area contributed by atoms with Crippen molar-refractivity contribution < 1.29 is 17.7 Å². The highest BCUT2D eigenvalue weighted by molar-refractivity contribution is 7.89. The van der Waals surface area contributed by atoms with Gasteiger partial charge in [0, 0.05) is 19.2 Å². The van der Waals surface area contributed by atoms with Crippen LogP contribution in [0.5, 0.6) is 0 Å². The smallest absolute Gasteiger partial charge is 0.246 e. The molecule has 0 radical (unpaired) electrons. The van der Waals surface area contributed by atoms with Gasteiger partial charge in [-0.05, 0) is 42.7 Å². The standard InChI is InChI=1S/C26H26N4O4S/c1-18-9-11-20(12-10-18)25-27-24(34-28-25)17-29(2)26(31)23-8-5-15-30(23)35(32,33)22-14-13-19-6-3-4-7-21(19)16-22/h3-4,6-7,9-14,16,23H,5,8,15,17H2,1-2H3/t23-/m1/s1. The third-order valence-corrected chi connectivity index (χ3v) is 8.25. The molecule has 1 amide bonds. The van der Waals surface area contributed by atoms with Gasteiger partial charge in [0.2, 0.25) is 27.6 Å². The summed E-state index contributed by atoms with van der Waals surface area (Å²) in [5.74, 6) is 0.447. The zero-order valence-electron chi connectivity index (χ0n) is 19.6. The lowest BCUT2D eigenvalue weighted by Crippen LogP contribution is -2.46. The van der Waals surface area contributed by atoms with Crippen molar-refractivity contribution in [2.45, 2.75) is 37.2 Å². The van der Waals surface area contributed by atoms with Gasteiger partial charge in [-0.3, -0.25) is 4.79 Å². The summed E-state index contributed by atoms with van der Waals surface area (Å²) in [5.41, 5.74) is 1.95. The summed E-state index contributed by atoms with van der Waals surface area (Å²) >= 11 is 0. The van der Waals surface area contributed by atoms with Crippen LogP contribution >= 0.6 is 0 Å². The molecule has 1 aromatic heterocycles. The lowest BCUT2D eigenvalue weighted by Gasteiger charge is -2.27. The van der Waals surface area contributed by atoms with E-state index in [1.807, 2.05) is 55.5 Å². The Bertz CT molecular complexity index is 1480. The molecule has 0 spiro atoms. The van der Waals surface area contributed by atoms with E-state index < -0.39 is 16.1 Å². The number of fused-ring (bicyclic) bond motifs is 1. The van der Waals surface area contributed by atoms with Crippen LogP contribution in [0.25, 0.3) is 22.2 Å². The molecule has 1 aliphatic rings. The van der Waals surface area contributed by atoms with Crippen molar-refractivity contribution in [1.82, 2.24) is 19.3 Å². The highest BCUT2D eigenvalue weighted by atomic mass is 32.2. The fraction of sp³-hybridized carbons (Fsp3) is 0.269. The van der Waals surface area contributed by atoms with E-state index in [0.29, 0.717) is 31.1 Å². The second-order valence-corrected chi connectivity index (χ2v) is 10.7. The summed E-state index contributed by atoms with van der Waals surface area (Å²) in [4.78, 5) is 19.3. The normalized spacial score (nSPS) is 16.6. The number of nitrogens with zero attached hydrogens (tertiary/aromatic N) is 4. The van der Waals surface area contributed by atoms with Crippen molar-refractivity contribution in [3.05, 3.63) is 78.2 Å². The van der Waals surface area contributed by atoms with Gasteiger partial charge in [-0.25, -0.2) is 8.42 Å². The minimum Gasteiger partial charge on any atom is -0.337 e. The van der Waals surface area contributed by atoms with Gasteiger partial charge in [0.15, 0.2) is 0 Å². The molecular formula is C26H26N4O4S. The fourth-order valence-electron chi connectivity index (χ4n) is 4.41. The van der Waals surface area contributed by atoms with Crippen LogP contribution in [0, 0.1) is 6.92 Å². The van der Waals surface area contributed by atoms with Crippen LogP contribution in [-0.2, 0) is 21.4 Å². The maximum absolute atomic E-state index is 13.5. The Morgan fingerprint density at radius 3 is 2.60 bits per heavy atom. The van der Waals surface area contributed by atoms with E-state index in [0.717, 1.165) is 21.9 Å². The SMILES string of the molecule is Cc1ccc(-c2noc(CN(C)C(=O)[C@H]3CCCN3S(=O)(=O)c3ccc4ccccc4c3)n2)cc1. The number of amides is 1. The van der Waals surface area contributed by atoms with Crippen LogP contribution in [0.3, 0.4) is 0 Å². The maximum atomic E-state index is 13.5. The molecule has 35 heavy (non-hydrogen) atoms. The van der Waals surface area contributed by atoms with E-state index in [1.54, 1.807) is 25.2 Å². The molecular weight excluding hydrogens is 464 g/mol. The summed E-state index contributed by atoms with van der Waals surface area (Å²) in [6, 6.07) is 19.6. The third-order valence-electron chi connectivity index (χ3n) is 6.34. The molecule has 1 saturated heterocycles. The molecule has 0 aliphatic carbocycles. The second kappa shape index (κ2) is 9.24. The summed E-state index contributed by atoms with van der Waals surface area (Å²) in [5, 5.41) is 5.82. The van der Waals surface area contributed by atoms with E-state index in [2.05, 4.69) is 10.1 Å². The number of aromatic nitrogens is 2. The molecule has 180 valence electrons. The average Bonchev–Trinajstić information content (AvgIpc) is 3.54. The van der Waals surface area contributed by atoms with Crippen LogP contribution in [-0.4, -0.2) is 53.3 Å². The van der Waals surface area contributed by atoms with E-state index in [4.69, 9.17) is 4.52 Å². The van der Waals surface area contributed by atoms with E-state index in [-0.39, 0.29) is 17.3 Å². The minimum absolute atomic E-state index is 0.0953. The predicted molar refractivity (Wildman–Crippen MR) is 132 cm³/mol. The molecule has 5 rings (SSSR count). The highest BCUT2D eigenvalue weighted by Gasteiger charge is 2.40. The molecule has 2 heterocycles. The predicted octanol–water partition coefficient (Wildman–Crippen LogP) is 4.01. The van der Waals surface area contributed by atoms with Gasteiger partial charge >= 0.3 is 0 Å². The first-order valence-electron chi connectivity index (χ1n) is 11.5. The quantitative estimate of drug-likeness (QED) is 0.405. The Balaban J connectivity index is 1.32. The Hall–Kier alpha value is -3.56. The lowest BCUT2D eigenvalue weighted by atomic mass is 10.1. The Morgan fingerprint density at radius 2 is 1.83 bits per heavy atom. The van der Waals surface area contributed by atoms with Gasteiger partial charge in [0.1, 0.15) is 6.04 Å². The van der Waals surface area contributed by atoms with Crippen LogP contribution in [0.15, 0.2) is 76.1 Å². The summed E-state index contributed by atoms with van der Waals surface area (Å²) in [6.07, 6.45) is 1.09. The molecule has 0 bridgehead atoms. The zero-order chi connectivity index (χ0) is 24.6. The number of carbonyl (C=O) groups is 1. The number of hydrogen-bond acceptors (Lipinski definition) is 6. The van der Waals surface area contributed by atoms with Gasteiger partial charge < -0.3 is 9.42 Å². The number of benzene rings is 3. The summed E-state index contributed by atoms with van der Waals surface area (Å²) in [6.45, 7) is 2.40. The topological polar surface area (TPSA) is 96.6 Å². The molecule has 0 unspecified atom stereocenters. The zero-order valence-corrected chi connectivity index (χ0v) is 20.4. The monoisotopic (exact) mass is 490 g/mol. The molecule has 0 N–H and O–H groups in total. The van der Waals surface area contributed by atoms with E-state index in [1.165, 1.54) is 9.21 Å². The largest absolute Gasteiger partial charge is 0.337 e. The number of rotatable bonds is 6. The summed E-state index contributed by atoms with van der Waals surface area (Å²) in [7, 11) is -2.21. The maximum Gasteiger partial charge on any atom is 0.246 e. The van der Waals surface area contributed by atoms with Crippen LogP contribution in [0.4, 0.5) is 0 Å². The van der Waals surface area contributed by atoms with Gasteiger partial charge in [0.05, 0.1) is 11.4 Å². The number of hydrogen-bond donors (Lipinski definition) is 0. The van der Waals surface area contributed by atoms with Gasteiger partial charge in [-0.15, -0.1) is 0 Å². The molecule has 8 nitrogen and oxygen atoms in total. The number of likely N-dealkylation sites (N-methyl/N-ethyl adjacent to an activating group) is 1. The van der Waals surface area contributed by atoms with Crippen LogP contribution in [0.2, 0.25) is 0 Å². The number of carbonyl (C=O) groups excluding carboxylic acids is 1. The molecule has 1 aliphatic heterocycles. The van der Waals surface area contributed by atoms with Gasteiger partial charge in [0.25, 0.3) is 0 Å². The first-order chi connectivity index (χ1) is 16.8. The molecule has 1 fully saturated rings. The second-order valence-electron chi connectivity index (χ2n) is 8.85. The summed E-state index contributed by atoms with van der Waals surface area (Å²) < 4.78 is 33.6.